The van der Waals surface area contributed by atoms with E-state index in [0.717, 1.165) is 25.1 Å². The van der Waals surface area contributed by atoms with Crippen molar-refractivity contribution in [2.45, 2.75) is 25.6 Å². The molecule has 3 aromatic rings. The number of hydrogen-bond acceptors (Lipinski definition) is 3. The molecule has 0 aliphatic carbocycles. The van der Waals surface area contributed by atoms with Gasteiger partial charge in [-0.1, -0.05) is 43.3 Å². The first-order valence-electron chi connectivity index (χ1n) is 9.93. The number of alkyl halides is 3. The molecular formula is C22H23F3N4O. The fraction of sp³-hybridized carbons (Fsp3) is 0.364. The molecule has 0 radical (unpaired) electrons. The number of fused-ring (bicyclic) bond motifs is 1. The minimum atomic E-state index is -4.54. The Morgan fingerprint density at radius 2 is 2.00 bits per heavy atom. The molecule has 158 valence electrons. The van der Waals surface area contributed by atoms with E-state index < -0.39 is 18.0 Å². The third kappa shape index (κ3) is 4.48. The SMILES string of the molecule is CC1CCN(CC(=O)NC(c2ccccc2)c2ccc3nc(C(F)(F)F)[nH]c3c2)C1. The van der Waals surface area contributed by atoms with E-state index in [4.69, 9.17) is 0 Å². The minimum Gasteiger partial charge on any atom is -0.344 e. The van der Waals surface area contributed by atoms with Gasteiger partial charge in [0.25, 0.3) is 0 Å². The zero-order chi connectivity index (χ0) is 21.3. The predicted octanol–water partition coefficient (Wildman–Crippen LogP) is 4.13. The normalized spacial score (nSPS) is 18.6. The van der Waals surface area contributed by atoms with Crippen LogP contribution in [0.4, 0.5) is 13.2 Å². The van der Waals surface area contributed by atoms with Gasteiger partial charge in [-0.05, 0) is 42.1 Å². The van der Waals surface area contributed by atoms with Crippen molar-refractivity contribution in [1.29, 1.82) is 0 Å². The monoisotopic (exact) mass is 416 g/mol. The maximum Gasteiger partial charge on any atom is 0.449 e. The summed E-state index contributed by atoms with van der Waals surface area (Å²) in [5, 5.41) is 3.06. The van der Waals surface area contributed by atoms with Crippen LogP contribution >= 0.6 is 0 Å². The van der Waals surface area contributed by atoms with E-state index in [1.54, 1.807) is 18.2 Å². The molecule has 0 bridgehead atoms. The smallest absolute Gasteiger partial charge is 0.344 e. The summed E-state index contributed by atoms with van der Waals surface area (Å²) in [6.45, 7) is 4.26. The van der Waals surface area contributed by atoms with Crippen LogP contribution in [0.3, 0.4) is 0 Å². The van der Waals surface area contributed by atoms with E-state index in [-0.39, 0.29) is 16.9 Å². The highest BCUT2D eigenvalue weighted by Gasteiger charge is 2.34. The van der Waals surface area contributed by atoms with Crippen LogP contribution in [0, 0.1) is 5.92 Å². The highest BCUT2D eigenvalue weighted by molar-refractivity contribution is 5.80. The number of amides is 1. The van der Waals surface area contributed by atoms with E-state index in [2.05, 4.69) is 27.1 Å². The van der Waals surface area contributed by atoms with Gasteiger partial charge in [0.2, 0.25) is 11.7 Å². The van der Waals surface area contributed by atoms with Gasteiger partial charge in [0.1, 0.15) is 0 Å². The Labute approximate surface area is 172 Å². The Kier molecular flexibility index (Phi) is 5.51. The third-order valence-corrected chi connectivity index (χ3v) is 5.42. The molecule has 1 aliphatic heterocycles. The third-order valence-electron chi connectivity index (χ3n) is 5.42. The number of carbonyl (C=O) groups excluding carboxylic acids is 1. The fourth-order valence-corrected chi connectivity index (χ4v) is 3.93. The second-order valence-electron chi connectivity index (χ2n) is 7.90. The summed E-state index contributed by atoms with van der Waals surface area (Å²) in [5.41, 5.74) is 2.06. The fourth-order valence-electron chi connectivity index (χ4n) is 3.93. The number of benzene rings is 2. The molecule has 4 rings (SSSR count). The molecule has 2 aromatic carbocycles. The van der Waals surface area contributed by atoms with E-state index in [0.29, 0.717) is 18.0 Å². The van der Waals surface area contributed by atoms with Crippen molar-refractivity contribution in [1.82, 2.24) is 20.2 Å². The Balaban J connectivity index is 1.62. The lowest BCUT2D eigenvalue weighted by Gasteiger charge is -2.22. The largest absolute Gasteiger partial charge is 0.449 e. The second-order valence-corrected chi connectivity index (χ2v) is 7.90. The van der Waals surface area contributed by atoms with E-state index in [9.17, 15) is 18.0 Å². The van der Waals surface area contributed by atoms with Crippen molar-refractivity contribution in [2.24, 2.45) is 5.92 Å². The van der Waals surface area contributed by atoms with Gasteiger partial charge in [0.15, 0.2) is 0 Å². The van der Waals surface area contributed by atoms with Crippen molar-refractivity contribution in [3.8, 4) is 0 Å². The van der Waals surface area contributed by atoms with Gasteiger partial charge in [-0.15, -0.1) is 0 Å². The lowest BCUT2D eigenvalue weighted by atomic mass is 9.98. The Bertz CT molecular complexity index is 1030. The summed E-state index contributed by atoms with van der Waals surface area (Å²) in [6.07, 6.45) is -3.47. The van der Waals surface area contributed by atoms with Crippen LogP contribution in [0.15, 0.2) is 48.5 Å². The Morgan fingerprint density at radius 1 is 1.23 bits per heavy atom. The van der Waals surface area contributed by atoms with Crippen molar-refractivity contribution < 1.29 is 18.0 Å². The highest BCUT2D eigenvalue weighted by atomic mass is 19.4. The van der Waals surface area contributed by atoms with Crippen LogP contribution in [0.1, 0.15) is 36.3 Å². The van der Waals surface area contributed by atoms with Crippen molar-refractivity contribution in [3.05, 3.63) is 65.5 Å². The first-order chi connectivity index (χ1) is 14.3. The van der Waals surface area contributed by atoms with Crippen molar-refractivity contribution in [3.63, 3.8) is 0 Å². The average Bonchev–Trinajstić information content (AvgIpc) is 3.32. The molecule has 2 heterocycles. The minimum absolute atomic E-state index is 0.112. The van der Waals surface area contributed by atoms with E-state index in [1.807, 2.05) is 30.3 Å². The van der Waals surface area contributed by atoms with Gasteiger partial charge in [-0.3, -0.25) is 9.69 Å². The number of H-pyrrole nitrogens is 1. The molecule has 5 nitrogen and oxygen atoms in total. The number of hydrogen-bond donors (Lipinski definition) is 2. The molecule has 30 heavy (non-hydrogen) atoms. The summed E-state index contributed by atoms with van der Waals surface area (Å²) in [7, 11) is 0. The van der Waals surface area contributed by atoms with Gasteiger partial charge in [0.05, 0.1) is 23.6 Å². The molecule has 1 amide bonds. The van der Waals surface area contributed by atoms with E-state index in [1.165, 1.54) is 0 Å². The molecule has 1 aliphatic rings. The standard InChI is InChI=1S/C22H23F3N4O/c1-14-9-10-29(12-14)13-19(30)28-20(15-5-3-2-4-6-15)16-7-8-17-18(11-16)27-21(26-17)22(23,24)25/h2-8,11,14,20H,9-10,12-13H2,1H3,(H,26,27)(H,28,30). The van der Waals surface area contributed by atoms with Crippen LogP contribution in [-0.4, -0.2) is 40.4 Å². The van der Waals surface area contributed by atoms with E-state index >= 15 is 0 Å². The Hall–Kier alpha value is -2.87. The molecule has 0 saturated carbocycles. The summed E-state index contributed by atoms with van der Waals surface area (Å²) >= 11 is 0. The number of nitrogens with one attached hydrogen (secondary N) is 2. The first kappa shape index (κ1) is 20.4. The van der Waals surface area contributed by atoms with Crippen LogP contribution in [0.5, 0.6) is 0 Å². The average molecular weight is 416 g/mol. The molecule has 1 fully saturated rings. The van der Waals surface area contributed by atoms with Crippen molar-refractivity contribution >= 4 is 16.9 Å². The predicted molar refractivity (Wildman–Crippen MR) is 108 cm³/mol. The second kappa shape index (κ2) is 8.10. The van der Waals surface area contributed by atoms with Crippen LogP contribution in [0.25, 0.3) is 11.0 Å². The summed E-state index contributed by atoms with van der Waals surface area (Å²) < 4.78 is 39.0. The number of rotatable bonds is 5. The summed E-state index contributed by atoms with van der Waals surface area (Å²) in [6, 6.07) is 13.8. The number of likely N-dealkylation sites (tertiary alicyclic amines) is 1. The van der Waals surface area contributed by atoms with Crippen LogP contribution in [0.2, 0.25) is 0 Å². The number of aromatic nitrogens is 2. The molecule has 1 saturated heterocycles. The van der Waals surface area contributed by atoms with Gasteiger partial charge >= 0.3 is 6.18 Å². The van der Waals surface area contributed by atoms with Crippen LogP contribution in [-0.2, 0) is 11.0 Å². The van der Waals surface area contributed by atoms with Crippen LogP contribution < -0.4 is 5.32 Å². The number of carbonyl (C=O) groups is 1. The lowest BCUT2D eigenvalue weighted by Crippen LogP contribution is -2.38. The number of nitrogens with zero attached hydrogens (tertiary/aromatic N) is 2. The maximum absolute atomic E-state index is 13.0. The summed E-state index contributed by atoms with van der Waals surface area (Å²) in [5.74, 6) is -0.565. The molecule has 2 atom stereocenters. The van der Waals surface area contributed by atoms with Gasteiger partial charge in [-0.25, -0.2) is 4.98 Å². The van der Waals surface area contributed by atoms with Crippen molar-refractivity contribution in [2.75, 3.05) is 19.6 Å². The topological polar surface area (TPSA) is 61.0 Å². The van der Waals surface area contributed by atoms with Gasteiger partial charge < -0.3 is 10.3 Å². The number of halogens is 3. The summed E-state index contributed by atoms with van der Waals surface area (Å²) in [4.78, 5) is 20.8. The molecule has 1 aromatic heterocycles. The maximum atomic E-state index is 13.0. The zero-order valence-electron chi connectivity index (χ0n) is 16.5. The highest BCUT2D eigenvalue weighted by Crippen LogP contribution is 2.30. The molecule has 2 unspecified atom stereocenters. The molecule has 0 spiro atoms. The number of imidazole rings is 1. The first-order valence-corrected chi connectivity index (χ1v) is 9.93. The molecule has 8 heteroatoms. The van der Waals surface area contributed by atoms with Gasteiger partial charge in [0, 0.05) is 6.54 Å². The molecule has 2 N–H and O–H groups in total. The number of aromatic amines is 1. The Morgan fingerprint density at radius 3 is 2.67 bits per heavy atom. The van der Waals surface area contributed by atoms with Gasteiger partial charge in [-0.2, -0.15) is 13.2 Å². The molecular weight excluding hydrogens is 393 g/mol. The quantitative estimate of drug-likeness (QED) is 0.658. The lowest BCUT2D eigenvalue weighted by molar-refractivity contribution is -0.144. The zero-order valence-corrected chi connectivity index (χ0v) is 16.5.